The highest BCUT2D eigenvalue weighted by molar-refractivity contribution is 5.89. The van der Waals surface area contributed by atoms with Crippen LogP contribution in [-0.4, -0.2) is 112 Å². The lowest BCUT2D eigenvalue weighted by atomic mass is 10.2. The van der Waals surface area contributed by atoms with Gasteiger partial charge in [-0.25, -0.2) is 4.79 Å². The summed E-state index contributed by atoms with van der Waals surface area (Å²) in [6.45, 7) is 6.51. The van der Waals surface area contributed by atoms with Gasteiger partial charge in [-0.2, -0.15) is 0 Å². The Kier molecular flexibility index (Phi) is 18.1. The number of hydrogen-bond donors (Lipinski definition) is 0. The third kappa shape index (κ3) is 15.7. The molecule has 0 fully saturated rings. The van der Waals surface area contributed by atoms with E-state index in [1.54, 1.807) is 30.3 Å². The molecule has 0 unspecified atom stereocenters. The van der Waals surface area contributed by atoms with Crippen LogP contribution in [0.4, 0.5) is 0 Å². The van der Waals surface area contributed by atoms with Crippen LogP contribution < -0.4 is 28.4 Å². The second-order valence-electron chi connectivity index (χ2n) is 13.0. The molecule has 0 radical (unpaired) electrons. The molecular weight excluding hydrogens is 752 g/mol. The normalized spacial score (nSPS) is 17.3. The second-order valence-corrected chi connectivity index (χ2v) is 13.0. The van der Waals surface area contributed by atoms with Gasteiger partial charge in [0.25, 0.3) is 0 Å². The molecule has 2 aliphatic rings. The van der Waals surface area contributed by atoms with Gasteiger partial charge in [0, 0.05) is 18.2 Å². The molecule has 2 heterocycles. The van der Waals surface area contributed by atoms with Gasteiger partial charge in [-0.1, -0.05) is 18.2 Å². The Morgan fingerprint density at radius 3 is 1.09 bits per heavy atom. The lowest BCUT2D eigenvalue weighted by molar-refractivity contribution is 0.00432. The van der Waals surface area contributed by atoms with Crippen molar-refractivity contribution in [3.05, 3.63) is 107 Å². The van der Waals surface area contributed by atoms with Crippen LogP contribution in [0.3, 0.4) is 0 Å². The zero-order valence-electron chi connectivity index (χ0n) is 32.7. The van der Waals surface area contributed by atoms with Crippen LogP contribution in [0.5, 0.6) is 34.5 Å². The van der Waals surface area contributed by atoms with Crippen LogP contribution in [0.25, 0.3) is 0 Å². The van der Waals surface area contributed by atoms with Gasteiger partial charge >= 0.3 is 5.97 Å². The topological polar surface area (TPSA) is 137 Å². The Morgan fingerprint density at radius 2 is 0.724 bits per heavy atom. The standard InChI is InChI=1S/C44H52O14/c45-44(37-4-2-1-3-5-37)58-33-36-26-42-30-43(27-36)57-32-35-24-40-29-41(25-35)55-21-17-51-13-9-47-8-12-50-16-20-54-39-23-34(31-56-42)22-38(28-39)52-18-14-48-10-6-46-7-11-49-15-19-53-40/h1-5,22-30H,6-21,31-33H2. The minimum atomic E-state index is -0.439. The molecule has 0 saturated heterocycles. The number of benzene rings is 4. The van der Waals surface area contributed by atoms with E-state index in [1.165, 1.54) is 0 Å². The number of ether oxygens (including phenoxy) is 13. The molecule has 2 aliphatic heterocycles. The molecule has 14 nitrogen and oxygen atoms in total. The van der Waals surface area contributed by atoms with Crippen LogP contribution in [-0.2, 0) is 53.0 Å². The summed E-state index contributed by atoms with van der Waals surface area (Å²) in [4.78, 5) is 12.8. The lowest BCUT2D eigenvalue weighted by Gasteiger charge is -2.16. The number of esters is 1. The first kappa shape index (κ1) is 42.5. The highest BCUT2D eigenvalue weighted by atomic mass is 16.6. The predicted molar refractivity (Wildman–Crippen MR) is 210 cm³/mol. The largest absolute Gasteiger partial charge is 0.491 e. The fourth-order valence-electron chi connectivity index (χ4n) is 5.74. The van der Waals surface area contributed by atoms with Crippen LogP contribution in [0.1, 0.15) is 27.0 Å². The third-order valence-electron chi connectivity index (χ3n) is 8.48. The van der Waals surface area contributed by atoms with Crippen molar-refractivity contribution >= 4 is 5.97 Å². The molecule has 6 rings (SSSR count). The quantitative estimate of drug-likeness (QED) is 0.229. The molecule has 0 atom stereocenters. The molecule has 0 amide bonds. The zero-order valence-corrected chi connectivity index (χ0v) is 32.7. The minimum Gasteiger partial charge on any atom is -0.491 e. The van der Waals surface area contributed by atoms with Gasteiger partial charge in [-0.05, 0) is 65.2 Å². The molecule has 0 aliphatic carbocycles. The molecule has 58 heavy (non-hydrogen) atoms. The molecule has 4 aromatic carbocycles. The molecule has 4 aromatic rings. The molecule has 0 aromatic heterocycles. The first-order chi connectivity index (χ1) is 28.7. The van der Waals surface area contributed by atoms with Gasteiger partial charge in [0.05, 0.1) is 84.8 Å². The van der Waals surface area contributed by atoms with Crippen molar-refractivity contribution in [2.75, 3.05) is 106 Å². The van der Waals surface area contributed by atoms with E-state index in [2.05, 4.69) is 0 Å². The van der Waals surface area contributed by atoms with Crippen molar-refractivity contribution in [2.24, 2.45) is 0 Å². The SMILES string of the molecule is O=C(OCc1cc2cc(c1)OCc1cc3cc(c1)OCCOCCOCCOCCOc1cc(cc(c1)OCCOCCOCCOCCO3)CO2)c1ccccc1. The van der Waals surface area contributed by atoms with Gasteiger partial charge in [0.1, 0.15) is 80.7 Å². The fraction of sp³-hybridized carbons (Fsp3) is 0.432. The van der Waals surface area contributed by atoms with Crippen LogP contribution in [0.15, 0.2) is 84.9 Å². The summed E-state index contributed by atoms with van der Waals surface area (Å²) in [5, 5.41) is 0. The number of hydrogen-bond acceptors (Lipinski definition) is 14. The lowest BCUT2D eigenvalue weighted by Crippen LogP contribution is -2.15. The van der Waals surface area contributed by atoms with Crippen molar-refractivity contribution < 1.29 is 66.4 Å². The maximum absolute atomic E-state index is 12.8. The average molecular weight is 805 g/mol. The number of rotatable bonds is 3. The van der Waals surface area contributed by atoms with Gasteiger partial charge in [0.15, 0.2) is 0 Å². The van der Waals surface area contributed by atoms with Crippen LogP contribution in [0.2, 0.25) is 0 Å². The molecule has 8 bridgehead atoms. The van der Waals surface area contributed by atoms with E-state index in [1.807, 2.05) is 54.6 Å². The monoisotopic (exact) mass is 804 g/mol. The summed E-state index contributed by atoms with van der Waals surface area (Å²) in [6.07, 6.45) is 0. The van der Waals surface area contributed by atoms with Crippen molar-refractivity contribution in [3.8, 4) is 34.5 Å². The van der Waals surface area contributed by atoms with E-state index in [0.29, 0.717) is 151 Å². The van der Waals surface area contributed by atoms with Gasteiger partial charge < -0.3 is 61.6 Å². The summed E-state index contributed by atoms with van der Waals surface area (Å²) >= 11 is 0. The highest BCUT2D eigenvalue weighted by Crippen LogP contribution is 2.29. The van der Waals surface area contributed by atoms with E-state index >= 15 is 0 Å². The highest BCUT2D eigenvalue weighted by Gasteiger charge is 2.13. The first-order valence-electron chi connectivity index (χ1n) is 19.5. The van der Waals surface area contributed by atoms with Crippen LogP contribution >= 0.6 is 0 Å². The van der Waals surface area contributed by atoms with E-state index < -0.39 is 5.97 Å². The van der Waals surface area contributed by atoms with Gasteiger partial charge in [0.2, 0.25) is 0 Å². The Bertz CT molecular complexity index is 1640. The fourth-order valence-corrected chi connectivity index (χ4v) is 5.74. The summed E-state index contributed by atoms with van der Waals surface area (Å²) in [5.41, 5.74) is 2.74. The van der Waals surface area contributed by atoms with Gasteiger partial charge in [-0.3, -0.25) is 0 Å². The maximum Gasteiger partial charge on any atom is 0.338 e. The average Bonchev–Trinajstić information content (AvgIpc) is 3.24. The Labute approximate surface area is 339 Å². The molecular formula is C44H52O14. The van der Waals surface area contributed by atoms with E-state index in [9.17, 15) is 4.79 Å². The number of carbonyl (C=O) groups excluding carboxylic acids is 1. The molecule has 14 heteroatoms. The molecule has 0 saturated carbocycles. The second kappa shape index (κ2) is 24.6. The predicted octanol–water partition coefficient (Wildman–Crippen LogP) is 5.84. The molecule has 312 valence electrons. The summed E-state index contributed by atoms with van der Waals surface area (Å²) < 4.78 is 76.8. The van der Waals surface area contributed by atoms with Crippen molar-refractivity contribution in [3.63, 3.8) is 0 Å². The minimum absolute atomic E-state index is 0.00352. The molecule has 0 spiro atoms. The van der Waals surface area contributed by atoms with E-state index in [4.69, 9.17) is 61.6 Å². The number of fused-ring (bicyclic) bond motifs is 6. The maximum atomic E-state index is 12.8. The Morgan fingerprint density at radius 1 is 0.397 bits per heavy atom. The Balaban J connectivity index is 1.26. The summed E-state index contributed by atoms with van der Waals surface area (Å²) in [6, 6.07) is 25.5. The third-order valence-corrected chi connectivity index (χ3v) is 8.48. The number of carbonyl (C=O) groups is 1. The Hall–Kier alpha value is -5.09. The zero-order chi connectivity index (χ0) is 39.9. The van der Waals surface area contributed by atoms with Crippen molar-refractivity contribution in [1.82, 2.24) is 0 Å². The van der Waals surface area contributed by atoms with E-state index in [-0.39, 0.29) is 19.8 Å². The van der Waals surface area contributed by atoms with Gasteiger partial charge in [-0.15, -0.1) is 0 Å². The van der Waals surface area contributed by atoms with Crippen LogP contribution in [0, 0.1) is 0 Å². The smallest absolute Gasteiger partial charge is 0.338 e. The van der Waals surface area contributed by atoms with E-state index in [0.717, 1.165) is 11.1 Å². The van der Waals surface area contributed by atoms with Crippen molar-refractivity contribution in [1.29, 1.82) is 0 Å². The first-order valence-corrected chi connectivity index (χ1v) is 19.5. The molecule has 0 N–H and O–H groups in total. The summed E-state index contributed by atoms with van der Waals surface area (Å²) in [7, 11) is 0. The van der Waals surface area contributed by atoms with Crippen molar-refractivity contribution in [2.45, 2.75) is 19.8 Å². The summed E-state index contributed by atoms with van der Waals surface area (Å²) in [5.74, 6) is 2.96.